The molecule has 3 heterocycles. The fourth-order valence-corrected chi connectivity index (χ4v) is 5.94. The highest BCUT2D eigenvalue weighted by molar-refractivity contribution is 7.18. The Morgan fingerprint density at radius 1 is 1.21 bits per heavy atom. The van der Waals surface area contributed by atoms with E-state index < -0.39 is 5.82 Å². The van der Waals surface area contributed by atoms with E-state index in [1.807, 2.05) is 12.1 Å². The molecule has 5 rings (SSSR count). The lowest BCUT2D eigenvalue weighted by Gasteiger charge is -2.28. The number of carbonyl (C=O) groups excluding carboxylic acids is 1. The molecule has 1 atom stereocenters. The second-order valence-corrected chi connectivity index (χ2v) is 10.3. The maximum absolute atomic E-state index is 14.7. The summed E-state index contributed by atoms with van der Waals surface area (Å²) in [7, 11) is 3.14. The van der Waals surface area contributed by atoms with E-state index in [1.165, 1.54) is 19.4 Å². The molecular weight excluding hydrogens is 505 g/mol. The van der Waals surface area contributed by atoms with E-state index in [0.717, 1.165) is 52.3 Å². The summed E-state index contributed by atoms with van der Waals surface area (Å²) in [6.45, 7) is 1.99. The third kappa shape index (κ3) is 5.11. The zero-order chi connectivity index (χ0) is 26.6. The second-order valence-electron chi connectivity index (χ2n) is 9.18. The summed E-state index contributed by atoms with van der Waals surface area (Å²) in [6, 6.07) is 10.3. The Morgan fingerprint density at radius 2 is 2.08 bits per heavy atom. The van der Waals surface area contributed by atoms with E-state index in [4.69, 9.17) is 20.2 Å². The van der Waals surface area contributed by atoms with Gasteiger partial charge in [-0.3, -0.25) is 4.79 Å². The first-order valence-corrected chi connectivity index (χ1v) is 13.4. The highest BCUT2D eigenvalue weighted by atomic mass is 32.1. The predicted octanol–water partition coefficient (Wildman–Crippen LogP) is 4.44. The van der Waals surface area contributed by atoms with E-state index in [1.54, 1.807) is 36.6 Å². The number of halogens is 1. The number of fused-ring (bicyclic) bond motifs is 1. The van der Waals surface area contributed by atoms with Crippen LogP contribution in [0.1, 0.15) is 33.9 Å². The summed E-state index contributed by atoms with van der Waals surface area (Å²) in [4.78, 5) is 29.4. The number of aromatic nitrogens is 3. The van der Waals surface area contributed by atoms with E-state index in [9.17, 15) is 9.18 Å². The molecule has 1 aliphatic heterocycles. The number of Topliss-reactive ketones (excluding diaryl/α,β-unsaturated/α-hetero) is 1. The van der Waals surface area contributed by atoms with Gasteiger partial charge in [0, 0.05) is 45.3 Å². The van der Waals surface area contributed by atoms with Crippen molar-refractivity contribution >= 4 is 33.0 Å². The fraction of sp³-hybridized carbons (Fsp3) is 0.357. The van der Waals surface area contributed by atoms with Crippen molar-refractivity contribution in [1.29, 1.82) is 0 Å². The quantitative estimate of drug-likeness (QED) is 0.297. The number of hydrogen-bond acceptors (Lipinski definition) is 9. The van der Waals surface area contributed by atoms with Crippen molar-refractivity contribution in [1.82, 2.24) is 15.0 Å². The molecule has 0 aliphatic carbocycles. The number of hydrogen-bond donors (Lipinski definition) is 1. The van der Waals surface area contributed by atoms with Gasteiger partial charge in [-0.15, -0.1) is 11.3 Å². The van der Waals surface area contributed by atoms with Crippen LogP contribution in [0, 0.1) is 5.82 Å². The van der Waals surface area contributed by atoms with Crippen molar-refractivity contribution in [2.24, 2.45) is 5.73 Å². The molecule has 0 spiro atoms. The first kappa shape index (κ1) is 26.1. The summed E-state index contributed by atoms with van der Waals surface area (Å²) < 4.78 is 26.3. The zero-order valence-corrected chi connectivity index (χ0v) is 22.3. The van der Waals surface area contributed by atoms with Gasteiger partial charge in [-0.25, -0.2) is 19.3 Å². The number of methoxy groups -OCH3 is 2. The number of thiazole rings is 1. The third-order valence-corrected chi connectivity index (χ3v) is 7.91. The zero-order valence-electron chi connectivity index (χ0n) is 21.4. The predicted molar refractivity (Wildman–Crippen MR) is 147 cm³/mol. The molecular formula is C28H30FN5O3S. The number of benzene rings is 2. The standard InChI is InChI=1S/C28H30FN5O3S/c1-36-14-11-24-33-26-23(38-24)9-8-17(27(26)34-13-4-5-18(34)16-30)15-21(35)20-10-12-31-28(32-20)25-19(29)6-3-7-22(25)37-2/h3,6-10,12,18H,4-5,11,13-16,30H2,1-2H3/t18-/m0/s1. The molecule has 1 saturated heterocycles. The smallest absolute Gasteiger partial charge is 0.185 e. The molecule has 2 aromatic carbocycles. The van der Waals surface area contributed by atoms with Gasteiger partial charge in [0.25, 0.3) is 0 Å². The molecule has 8 nitrogen and oxygen atoms in total. The Morgan fingerprint density at radius 3 is 2.87 bits per heavy atom. The second kappa shape index (κ2) is 11.5. The van der Waals surface area contributed by atoms with Crippen molar-refractivity contribution in [2.45, 2.75) is 31.7 Å². The fourth-order valence-electron chi connectivity index (χ4n) is 4.99. The normalized spacial score (nSPS) is 15.4. The molecule has 10 heteroatoms. The number of nitrogens with two attached hydrogens (primary N) is 1. The van der Waals surface area contributed by atoms with Crippen molar-refractivity contribution in [3.63, 3.8) is 0 Å². The number of ketones is 1. The van der Waals surface area contributed by atoms with Crippen molar-refractivity contribution in [3.05, 3.63) is 64.7 Å². The van der Waals surface area contributed by atoms with E-state index in [-0.39, 0.29) is 35.3 Å². The topological polar surface area (TPSA) is 103 Å². The van der Waals surface area contributed by atoms with Crippen LogP contribution in [-0.4, -0.2) is 60.7 Å². The number of carbonyl (C=O) groups is 1. The molecule has 0 unspecified atom stereocenters. The Labute approximate surface area is 224 Å². The monoisotopic (exact) mass is 535 g/mol. The molecule has 2 N–H and O–H groups in total. The molecule has 0 bridgehead atoms. The number of anilines is 1. The Balaban J connectivity index is 1.52. The molecule has 4 aromatic rings. The first-order chi connectivity index (χ1) is 18.5. The van der Waals surface area contributed by atoms with Crippen LogP contribution < -0.4 is 15.4 Å². The van der Waals surface area contributed by atoms with Crippen molar-refractivity contribution < 1.29 is 18.7 Å². The van der Waals surface area contributed by atoms with E-state index in [0.29, 0.717) is 18.9 Å². The number of ether oxygens (including phenoxy) is 2. The molecule has 0 radical (unpaired) electrons. The van der Waals surface area contributed by atoms with Crippen LogP contribution in [-0.2, 0) is 17.6 Å². The lowest BCUT2D eigenvalue weighted by atomic mass is 10.0. The first-order valence-electron chi connectivity index (χ1n) is 12.6. The molecule has 2 aromatic heterocycles. The molecule has 0 saturated carbocycles. The van der Waals surface area contributed by atoms with Crippen molar-refractivity contribution in [3.8, 4) is 17.1 Å². The lowest BCUT2D eigenvalue weighted by molar-refractivity contribution is 0.0988. The van der Waals surface area contributed by atoms with Crippen LogP contribution in [0.15, 0.2) is 42.6 Å². The van der Waals surface area contributed by atoms with Gasteiger partial charge in [-0.2, -0.15) is 0 Å². The van der Waals surface area contributed by atoms with Gasteiger partial charge in [0.1, 0.15) is 22.8 Å². The van der Waals surface area contributed by atoms with Crippen molar-refractivity contribution in [2.75, 3.05) is 38.8 Å². The van der Waals surface area contributed by atoms with Gasteiger partial charge < -0.3 is 20.1 Å². The maximum Gasteiger partial charge on any atom is 0.185 e. The number of nitrogens with zero attached hydrogens (tertiary/aromatic N) is 4. The molecule has 1 fully saturated rings. The Kier molecular flexibility index (Phi) is 7.92. The average Bonchev–Trinajstić information content (AvgIpc) is 3.58. The summed E-state index contributed by atoms with van der Waals surface area (Å²) in [5.74, 6) is -0.303. The van der Waals surface area contributed by atoms with Gasteiger partial charge in [0.05, 0.1) is 34.7 Å². The van der Waals surface area contributed by atoms with Crippen LogP contribution in [0.2, 0.25) is 0 Å². The minimum absolute atomic E-state index is 0.103. The van der Waals surface area contributed by atoms with Gasteiger partial charge in [-0.1, -0.05) is 12.1 Å². The van der Waals surface area contributed by atoms with Gasteiger partial charge in [0.15, 0.2) is 11.6 Å². The molecule has 198 valence electrons. The highest BCUT2D eigenvalue weighted by Crippen LogP contribution is 2.38. The van der Waals surface area contributed by atoms with Crippen LogP contribution in [0.4, 0.5) is 10.1 Å². The summed E-state index contributed by atoms with van der Waals surface area (Å²) in [5.41, 5.74) is 9.19. The maximum atomic E-state index is 14.7. The van der Waals surface area contributed by atoms with Gasteiger partial charge in [-0.05, 0) is 42.7 Å². The lowest BCUT2D eigenvalue weighted by Crippen LogP contribution is -2.36. The number of rotatable bonds is 10. The van der Waals surface area contributed by atoms with Crippen LogP contribution in [0.3, 0.4) is 0 Å². The molecule has 0 amide bonds. The molecule has 38 heavy (non-hydrogen) atoms. The van der Waals surface area contributed by atoms with E-state index in [2.05, 4.69) is 14.9 Å². The van der Waals surface area contributed by atoms with Crippen LogP contribution in [0.5, 0.6) is 5.75 Å². The SMILES string of the molecule is COCCc1nc2c(N3CCC[C@H]3CN)c(CC(=O)c3ccnc(-c4c(F)cccc4OC)n3)ccc2s1. The van der Waals surface area contributed by atoms with E-state index >= 15 is 0 Å². The van der Waals surface area contributed by atoms with Crippen LogP contribution >= 0.6 is 11.3 Å². The Hall–Kier alpha value is -3.47. The summed E-state index contributed by atoms with van der Waals surface area (Å²) in [6.07, 6.45) is 4.35. The van der Waals surface area contributed by atoms with Gasteiger partial charge in [0.2, 0.25) is 0 Å². The third-order valence-electron chi connectivity index (χ3n) is 6.83. The summed E-state index contributed by atoms with van der Waals surface area (Å²) in [5, 5.41) is 0.995. The minimum Gasteiger partial charge on any atom is -0.496 e. The highest BCUT2D eigenvalue weighted by Gasteiger charge is 2.29. The Bertz CT molecular complexity index is 1460. The average molecular weight is 536 g/mol. The van der Waals surface area contributed by atoms with Crippen LogP contribution in [0.25, 0.3) is 21.6 Å². The summed E-state index contributed by atoms with van der Waals surface area (Å²) >= 11 is 1.65. The molecule has 1 aliphatic rings. The van der Waals surface area contributed by atoms with Gasteiger partial charge >= 0.3 is 0 Å². The largest absolute Gasteiger partial charge is 0.496 e. The minimum atomic E-state index is -0.517.